The van der Waals surface area contributed by atoms with E-state index in [4.69, 9.17) is 10.1 Å². The molecule has 5 rings (SSSR count). The Kier molecular flexibility index (Phi) is 5.78. The molecule has 33 heavy (non-hydrogen) atoms. The van der Waals surface area contributed by atoms with Crippen LogP contribution in [0, 0.1) is 6.92 Å². The molecule has 1 amide bonds. The van der Waals surface area contributed by atoms with Crippen LogP contribution >= 0.6 is 11.3 Å². The summed E-state index contributed by atoms with van der Waals surface area (Å²) in [6.45, 7) is 3.82. The van der Waals surface area contributed by atoms with Crippen molar-refractivity contribution in [3.05, 3.63) is 34.8 Å². The number of hydrogen-bond donors (Lipinski definition) is 0. The molecule has 1 atom stereocenters. The predicted molar refractivity (Wildman–Crippen MR) is 130 cm³/mol. The molecular formula is C23H29N5O3S2. The molecule has 0 spiro atoms. The lowest BCUT2D eigenvalue weighted by molar-refractivity contribution is 0.0661. The van der Waals surface area contributed by atoms with Crippen molar-refractivity contribution in [1.82, 2.24) is 24.6 Å². The summed E-state index contributed by atoms with van der Waals surface area (Å²) in [6.07, 6.45) is 2.41. The molecule has 0 radical (unpaired) electrons. The third-order valence-corrected chi connectivity index (χ3v) is 9.59. The number of rotatable bonds is 4. The van der Waals surface area contributed by atoms with Gasteiger partial charge < -0.3 is 9.80 Å². The minimum atomic E-state index is -3.08. The molecule has 2 aliphatic rings. The Balaban J connectivity index is 1.62. The summed E-state index contributed by atoms with van der Waals surface area (Å²) in [5.41, 5.74) is 2.62. The molecule has 3 aromatic rings. The fraction of sp³-hybridized carbons (Fsp3) is 0.522. The number of aromatic nitrogens is 3. The lowest BCUT2D eigenvalue weighted by Gasteiger charge is -2.35. The van der Waals surface area contributed by atoms with E-state index < -0.39 is 9.84 Å². The number of sulfone groups is 1. The van der Waals surface area contributed by atoms with Gasteiger partial charge in [-0.2, -0.15) is 5.10 Å². The van der Waals surface area contributed by atoms with E-state index in [1.54, 1.807) is 16.0 Å². The van der Waals surface area contributed by atoms with E-state index in [1.807, 2.05) is 42.5 Å². The minimum Gasteiger partial charge on any atom is -0.339 e. The van der Waals surface area contributed by atoms with Gasteiger partial charge >= 0.3 is 0 Å². The van der Waals surface area contributed by atoms with Crippen molar-refractivity contribution < 1.29 is 13.2 Å². The number of carbonyl (C=O) groups is 1. The number of thiophene rings is 1. The highest BCUT2D eigenvalue weighted by molar-refractivity contribution is 7.91. The average molecular weight is 488 g/mol. The first kappa shape index (κ1) is 22.5. The van der Waals surface area contributed by atoms with Crippen molar-refractivity contribution in [3.8, 4) is 10.6 Å². The number of aryl methyl sites for hydroxylation is 1. The van der Waals surface area contributed by atoms with Crippen LogP contribution in [-0.4, -0.2) is 83.6 Å². The number of likely N-dealkylation sites (tertiary alicyclic amines) is 1. The van der Waals surface area contributed by atoms with Gasteiger partial charge in [0.1, 0.15) is 0 Å². The Morgan fingerprint density at radius 3 is 2.64 bits per heavy atom. The van der Waals surface area contributed by atoms with E-state index in [1.165, 1.54) is 0 Å². The number of pyridine rings is 1. The van der Waals surface area contributed by atoms with Crippen LogP contribution in [0.4, 0.5) is 0 Å². The van der Waals surface area contributed by atoms with E-state index in [0.717, 1.165) is 41.9 Å². The van der Waals surface area contributed by atoms with Crippen LogP contribution in [0.5, 0.6) is 0 Å². The largest absolute Gasteiger partial charge is 0.339 e. The summed E-state index contributed by atoms with van der Waals surface area (Å²) in [4.78, 5) is 23.8. The number of hydrogen-bond acceptors (Lipinski definition) is 7. The topological polar surface area (TPSA) is 88.4 Å². The number of fused-ring (bicyclic) bond motifs is 1. The maximum absolute atomic E-state index is 13.8. The number of piperidine rings is 1. The Labute approximate surface area is 198 Å². The fourth-order valence-corrected chi connectivity index (χ4v) is 7.37. The first-order valence-electron chi connectivity index (χ1n) is 11.3. The summed E-state index contributed by atoms with van der Waals surface area (Å²) in [6, 6.07) is 5.77. The van der Waals surface area contributed by atoms with Crippen LogP contribution < -0.4 is 0 Å². The van der Waals surface area contributed by atoms with Crippen molar-refractivity contribution in [2.24, 2.45) is 0 Å². The molecule has 176 valence electrons. The molecule has 5 heterocycles. The summed E-state index contributed by atoms with van der Waals surface area (Å²) in [5, 5.41) is 7.41. The van der Waals surface area contributed by atoms with Gasteiger partial charge in [0.25, 0.3) is 5.91 Å². The summed E-state index contributed by atoms with van der Waals surface area (Å²) in [5.74, 6) is 0.191. The van der Waals surface area contributed by atoms with E-state index in [0.29, 0.717) is 23.3 Å². The number of amides is 1. The van der Waals surface area contributed by atoms with Crippen LogP contribution in [0.3, 0.4) is 0 Å². The molecule has 0 N–H and O–H groups in total. The summed E-state index contributed by atoms with van der Waals surface area (Å²) >= 11 is 1.57. The minimum absolute atomic E-state index is 0.0311. The van der Waals surface area contributed by atoms with Crippen molar-refractivity contribution in [2.45, 2.75) is 38.3 Å². The Hall–Kier alpha value is -2.30. The van der Waals surface area contributed by atoms with Crippen LogP contribution in [0.1, 0.15) is 41.4 Å². The third kappa shape index (κ3) is 4.20. The molecule has 10 heteroatoms. The van der Waals surface area contributed by atoms with Gasteiger partial charge in [-0.25, -0.2) is 18.1 Å². The third-order valence-electron chi connectivity index (χ3n) is 6.95. The van der Waals surface area contributed by atoms with E-state index in [9.17, 15) is 13.2 Å². The van der Waals surface area contributed by atoms with Gasteiger partial charge in [-0.15, -0.1) is 11.3 Å². The molecule has 0 saturated carbocycles. The lowest BCUT2D eigenvalue weighted by Crippen LogP contribution is -2.44. The zero-order chi connectivity index (χ0) is 23.3. The van der Waals surface area contributed by atoms with Crippen molar-refractivity contribution in [2.75, 3.05) is 38.7 Å². The molecule has 0 bridgehead atoms. The van der Waals surface area contributed by atoms with E-state index >= 15 is 0 Å². The van der Waals surface area contributed by atoms with Crippen LogP contribution in [0.25, 0.3) is 21.6 Å². The van der Waals surface area contributed by atoms with Crippen molar-refractivity contribution in [1.29, 1.82) is 0 Å². The van der Waals surface area contributed by atoms with Crippen molar-refractivity contribution in [3.63, 3.8) is 0 Å². The van der Waals surface area contributed by atoms with Gasteiger partial charge in [0.15, 0.2) is 15.5 Å². The maximum Gasteiger partial charge on any atom is 0.254 e. The molecule has 2 fully saturated rings. The maximum atomic E-state index is 13.8. The first-order valence-corrected chi connectivity index (χ1v) is 14.0. The van der Waals surface area contributed by atoms with Gasteiger partial charge in [-0.05, 0) is 63.8 Å². The number of nitrogens with zero attached hydrogens (tertiary/aromatic N) is 5. The molecule has 8 nitrogen and oxygen atoms in total. The fourth-order valence-electron chi connectivity index (χ4n) is 4.99. The Bertz CT molecular complexity index is 1290. The van der Waals surface area contributed by atoms with Crippen LogP contribution in [0.15, 0.2) is 23.6 Å². The lowest BCUT2D eigenvalue weighted by atomic mass is 10.0. The van der Waals surface area contributed by atoms with Gasteiger partial charge in [0, 0.05) is 13.1 Å². The summed E-state index contributed by atoms with van der Waals surface area (Å²) in [7, 11) is 0.916. The van der Waals surface area contributed by atoms with Gasteiger partial charge in [0.05, 0.1) is 44.8 Å². The van der Waals surface area contributed by atoms with Gasteiger partial charge in [0.2, 0.25) is 0 Å². The monoisotopic (exact) mass is 487 g/mol. The van der Waals surface area contributed by atoms with Gasteiger partial charge in [-0.3, -0.25) is 4.79 Å². The standard InChI is InChI=1S/C23H29N5O3S2/c1-15-21-18(23(29)27(3)16-6-9-26(2)10-7-16)13-19(20-5-4-11-32-20)24-22(21)28(25-15)17-8-12-33(30,31)14-17/h4-5,11,13,16-17H,6-10,12,14H2,1-3H3. The molecule has 2 saturated heterocycles. The Morgan fingerprint density at radius 1 is 1.24 bits per heavy atom. The molecule has 0 aliphatic carbocycles. The second-order valence-corrected chi connectivity index (χ2v) is 12.4. The normalized spacial score (nSPS) is 21.6. The highest BCUT2D eigenvalue weighted by Crippen LogP contribution is 2.34. The smallest absolute Gasteiger partial charge is 0.254 e. The molecule has 2 aliphatic heterocycles. The highest BCUT2D eigenvalue weighted by atomic mass is 32.2. The summed E-state index contributed by atoms with van der Waals surface area (Å²) < 4.78 is 26.0. The quantitative estimate of drug-likeness (QED) is 0.562. The predicted octanol–water partition coefficient (Wildman–Crippen LogP) is 2.99. The average Bonchev–Trinajstić information content (AvgIpc) is 3.52. The molecule has 0 aromatic carbocycles. The number of carbonyl (C=O) groups excluding carboxylic acids is 1. The zero-order valence-electron chi connectivity index (χ0n) is 19.2. The first-order chi connectivity index (χ1) is 15.7. The van der Waals surface area contributed by atoms with Gasteiger partial charge in [-0.1, -0.05) is 6.07 Å². The van der Waals surface area contributed by atoms with Crippen LogP contribution in [0.2, 0.25) is 0 Å². The molecule has 1 unspecified atom stereocenters. The second-order valence-electron chi connectivity index (χ2n) is 9.27. The Morgan fingerprint density at radius 2 is 2.00 bits per heavy atom. The second kappa shape index (κ2) is 8.48. The SMILES string of the molecule is Cc1nn(C2CCS(=O)(=O)C2)c2nc(-c3cccs3)cc(C(=O)N(C)C3CCN(C)CC3)c12. The van der Waals surface area contributed by atoms with Crippen molar-refractivity contribution >= 4 is 38.1 Å². The highest BCUT2D eigenvalue weighted by Gasteiger charge is 2.33. The molecular weight excluding hydrogens is 458 g/mol. The van der Waals surface area contributed by atoms with Crippen LogP contribution in [-0.2, 0) is 9.84 Å². The van der Waals surface area contributed by atoms with E-state index in [2.05, 4.69) is 11.9 Å². The zero-order valence-corrected chi connectivity index (χ0v) is 20.8. The molecule has 3 aromatic heterocycles. The van der Waals surface area contributed by atoms with E-state index in [-0.39, 0.29) is 29.5 Å².